The third-order valence-corrected chi connectivity index (χ3v) is 3.97. The molecule has 0 saturated carbocycles. The van der Waals surface area contributed by atoms with Crippen LogP contribution in [0.1, 0.15) is 5.56 Å². The van der Waals surface area contributed by atoms with Gasteiger partial charge < -0.3 is 5.11 Å². The summed E-state index contributed by atoms with van der Waals surface area (Å²) in [4.78, 5) is -0.402. The van der Waals surface area contributed by atoms with Gasteiger partial charge >= 0.3 is 0 Å². The number of hydrogen-bond acceptors (Lipinski definition) is 3. The molecule has 0 heterocycles. The zero-order valence-electron chi connectivity index (χ0n) is 10.4. The standard InChI is InChI=1S/C13H11F2NO3S/c1-8-2-5-12(17)13(6-8)20(18,19)16-11-7-9(14)3-4-10(11)15/h2-7,16-17H,1H3. The van der Waals surface area contributed by atoms with Crippen LogP contribution in [0.5, 0.6) is 5.75 Å². The van der Waals surface area contributed by atoms with Gasteiger partial charge in [0, 0.05) is 6.07 Å². The Hall–Kier alpha value is -2.15. The molecule has 0 aliphatic rings. The number of phenols is 1. The fourth-order valence-electron chi connectivity index (χ4n) is 1.61. The molecule has 0 atom stereocenters. The van der Waals surface area contributed by atoms with E-state index in [1.807, 2.05) is 4.72 Å². The number of aryl methyl sites for hydroxylation is 1. The van der Waals surface area contributed by atoms with Gasteiger partial charge in [0.2, 0.25) is 0 Å². The van der Waals surface area contributed by atoms with Crippen molar-refractivity contribution in [2.45, 2.75) is 11.8 Å². The third-order valence-electron chi connectivity index (χ3n) is 2.58. The molecule has 2 aromatic rings. The van der Waals surface area contributed by atoms with Gasteiger partial charge in [-0.25, -0.2) is 17.2 Å². The van der Waals surface area contributed by atoms with Crippen molar-refractivity contribution < 1.29 is 22.3 Å². The van der Waals surface area contributed by atoms with Crippen LogP contribution in [0.25, 0.3) is 0 Å². The molecule has 0 aliphatic heterocycles. The van der Waals surface area contributed by atoms with E-state index in [1.165, 1.54) is 18.2 Å². The van der Waals surface area contributed by atoms with Gasteiger partial charge in [0.05, 0.1) is 5.69 Å². The first-order valence-electron chi connectivity index (χ1n) is 5.57. The monoisotopic (exact) mass is 299 g/mol. The van der Waals surface area contributed by atoms with Crippen LogP contribution in [0.3, 0.4) is 0 Å². The van der Waals surface area contributed by atoms with Crippen LogP contribution in [-0.4, -0.2) is 13.5 Å². The van der Waals surface area contributed by atoms with Gasteiger partial charge in [0.15, 0.2) is 0 Å². The fourth-order valence-corrected chi connectivity index (χ4v) is 2.85. The Balaban J connectivity index is 2.46. The van der Waals surface area contributed by atoms with E-state index >= 15 is 0 Å². The van der Waals surface area contributed by atoms with Crippen LogP contribution in [-0.2, 0) is 10.0 Å². The van der Waals surface area contributed by atoms with E-state index in [2.05, 4.69) is 0 Å². The second-order valence-electron chi connectivity index (χ2n) is 4.20. The van der Waals surface area contributed by atoms with Crippen LogP contribution in [0, 0.1) is 18.6 Å². The van der Waals surface area contributed by atoms with Crippen LogP contribution in [0.15, 0.2) is 41.3 Å². The van der Waals surface area contributed by atoms with Crippen molar-refractivity contribution in [2.75, 3.05) is 4.72 Å². The second-order valence-corrected chi connectivity index (χ2v) is 5.85. The Morgan fingerprint density at radius 1 is 1.10 bits per heavy atom. The van der Waals surface area contributed by atoms with Crippen molar-refractivity contribution in [3.63, 3.8) is 0 Å². The number of benzene rings is 2. The molecule has 2 aromatic carbocycles. The number of hydrogen-bond donors (Lipinski definition) is 2. The quantitative estimate of drug-likeness (QED) is 0.916. The van der Waals surface area contributed by atoms with Crippen molar-refractivity contribution in [3.05, 3.63) is 53.6 Å². The average Bonchev–Trinajstić information content (AvgIpc) is 2.36. The summed E-state index contributed by atoms with van der Waals surface area (Å²) in [5.74, 6) is -2.17. The number of anilines is 1. The molecular formula is C13H11F2NO3S. The van der Waals surface area contributed by atoms with Gasteiger partial charge in [0.25, 0.3) is 10.0 Å². The zero-order valence-corrected chi connectivity index (χ0v) is 11.2. The molecule has 0 fully saturated rings. The first kappa shape index (κ1) is 14.3. The molecule has 0 spiro atoms. The number of sulfonamides is 1. The summed E-state index contributed by atoms with van der Waals surface area (Å²) in [6.07, 6.45) is 0. The van der Waals surface area contributed by atoms with Crippen molar-refractivity contribution in [3.8, 4) is 5.75 Å². The number of aromatic hydroxyl groups is 1. The normalized spacial score (nSPS) is 11.3. The molecule has 20 heavy (non-hydrogen) atoms. The summed E-state index contributed by atoms with van der Waals surface area (Å²) < 4.78 is 52.5. The van der Waals surface area contributed by atoms with Gasteiger partial charge in [0.1, 0.15) is 22.3 Å². The minimum absolute atomic E-state index is 0.402. The molecule has 7 heteroatoms. The summed E-state index contributed by atoms with van der Waals surface area (Å²) >= 11 is 0. The molecule has 0 amide bonds. The predicted molar refractivity (Wildman–Crippen MR) is 70.0 cm³/mol. The van der Waals surface area contributed by atoms with Crippen LogP contribution < -0.4 is 4.72 Å². The minimum Gasteiger partial charge on any atom is -0.507 e. The van der Waals surface area contributed by atoms with Crippen molar-refractivity contribution >= 4 is 15.7 Å². The smallest absolute Gasteiger partial charge is 0.265 e. The summed E-state index contributed by atoms with van der Waals surface area (Å²) in [5.41, 5.74) is 0.0776. The maximum atomic E-state index is 13.4. The molecule has 0 bridgehead atoms. The largest absolute Gasteiger partial charge is 0.507 e. The average molecular weight is 299 g/mol. The summed E-state index contributed by atoms with van der Waals surface area (Å²) in [7, 11) is -4.21. The highest BCUT2D eigenvalue weighted by molar-refractivity contribution is 7.92. The summed E-state index contributed by atoms with van der Waals surface area (Å²) in [5, 5.41) is 9.59. The highest BCUT2D eigenvalue weighted by Crippen LogP contribution is 2.26. The van der Waals surface area contributed by atoms with E-state index in [0.29, 0.717) is 5.56 Å². The van der Waals surface area contributed by atoms with Gasteiger partial charge in [-0.05, 0) is 36.8 Å². The lowest BCUT2D eigenvalue weighted by Crippen LogP contribution is -2.14. The molecule has 0 radical (unpaired) electrons. The summed E-state index contributed by atoms with van der Waals surface area (Å²) in [6, 6.07) is 6.37. The molecule has 0 unspecified atom stereocenters. The van der Waals surface area contributed by atoms with Crippen LogP contribution in [0.4, 0.5) is 14.5 Å². The lowest BCUT2D eigenvalue weighted by Gasteiger charge is -2.11. The molecule has 2 N–H and O–H groups in total. The highest BCUT2D eigenvalue weighted by Gasteiger charge is 2.20. The molecule has 2 rings (SSSR count). The van der Waals surface area contributed by atoms with Crippen molar-refractivity contribution in [2.24, 2.45) is 0 Å². The first-order valence-corrected chi connectivity index (χ1v) is 7.05. The van der Waals surface area contributed by atoms with Gasteiger partial charge in [-0.3, -0.25) is 4.72 Å². The third kappa shape index (κ3) is 2.88. The zero-order chi connectivity index (χ0) is 14.9. The topological polar surface area (TPSA) is 66.4 Å². The number of phenolic OH excluding ortho intramolecular Hbond substituents is 1. The minimum atomic E-state index is -4.21. The lowest BCUT2D eigenvalue weighted by atomic mass is 10.2. The van der Waals surface area contributed by atoms with E-state index in [4.69, 9.17) is 0 Å². The second kappa shape index (κ2) is 5.09. The first-order chi connectivity index (χ1) is 9.29. The Labute approximate surface area is 114 Å². The number of rotatable bonds is 3. The van der Waals surface area contributed by atoms with Crippen LogP contribution >= 0.6 is 0 Å². The number of halogens is 2. The molecule has 0 aromatic heterocycles. The van der Waals surface area contributed by atoms with Crippen LogP contribution in [0.2, 0.25) is 0 Å². The Kier molecular flexibility index (Phi) is 3.63. The van der Waals surface area contributed by atoms with E-state index < -0.39 is 38.0 Å². The van der Waals surface area contributed by atoms with Crippen molar-refractivity contribution in [1.29, 1.82) is 0 Å². The Morgan fingerprint density at radius 3 is 2.50 bits per heavy atom. The Morgan fingerprint density at radius 2 is 1.80 bits per heavy atom. The van der Waals surface area contributed by atoms with Gasteiger partial charge in [-0.15, -0.1) is 0 Å². The maximum Gasteiger partial charge on any atom is 0.265 e. The summed E-state index contributed by atoms with van der Waals surface area (Å²) in [6.45, 7) is 1.64. The van der Waals surface area contributed by atoms with E-state index in [0.717, 1.165) is 18.2 Å². The molecule has 106 valence electrons. The van der Waals surface area contributed by atoms with E-state index in [9.17, 15) is 22.3 Å². The lowest BCUT2D eigenvalue weighted by molar-refractivity contribution is 0.459. The highest BCUT2D eigenvalue weighted by atomic mass is 32.2. The molecular weight excluding hydrogens is 288 g/mol. The molecule has 0 aliphatic carbocycles. The number of nitrogens with one attached hydrogen (secondary N) is 1. The van der Waals surface area contributed by atoms with Crippen molar-refractivity contribution in [1.82, 2.24) is 0 Å². The maximum absolute atomic E-state index is 13.4. The van der Waals surface area contributed by atoms with Gasteiger partial charge in [-0.1, -0.05) is 6.07 Å². The SMILES string of the molecule is Cc1ccc(O)c(S(=O)(=O)Nc2cc(F)ccc2F)c1. The molecule has 4 nitrogen and oxygen atoms in total. The fraction of sp³-hybridized carbons (Fsp3) is 0.0769. The predicted octanol–water partition coefficient (Wildman–Crippen LogP) is 2.78. The van der Waals surface area contributed by atoms with E-state index in [1.54, 1.807) is 6.92 Å². The Bertz CT molecular complexity index is 760. The van der Waals surface area contributed by atoms with Gasteiger partial charge in [-0.2, -0.15) is 0 Å². The molecule has 0 saturated heterocycles. The van der Waals surface area contributed by atoms with E-state index in [-0.39, 0.29) is 0 Å².